The summed E-state index contributed by atoms with van der Waals surface area (Å²) in [6.45, 7) is 7.43. The molecule has 2 aliphatic rings. The van der Waals surface area contributed by atoms with Gasteiger partial charge < -0.3 is 9.47 Å². The summed E-state index contributed by atoms with van der Waals surface area (Å²) >= 11 is 0. The number of halogens is 3. The molecular weight excluding hydrogens is 481 g/mol. The highest BCUT2D eigenvalue weighted by Gasteiger charge is 2.35. The molecule has 0 atom stereocenters. The number of aliphatic imine (C=N–C) groups is 1. The van der Waals surface area contributed by atoms with Crippen LogP contribution in [0.1, 0.15) is 24.0 Å². The Balaban J connectivity index is 1.55. The van der Waals surface area contributed by atoms with Gasteiger partial charge in [-0.2, -0.15) is 13.2 Å². The lowest BCUT2D eigenvalue weighted by atomic mass is 10.1. The summed E-state index contributed by atoms with van der Waals surface area (Å²) < 4.78 is 51.9. The Labute approximate surface area is 211 Å². The van der Waals surface area contributed by atoms with Crippen LogP contribution in [0.4, 0.5) is 24.5 Å². The van der Waals surface area contributed by atoms with Crippen molar-refractivity contribution in [3.05, 3.63) is 109 Å². The topological polar surface area (TPSA) is 59.8 Å². The maximum Gasteiger partial charge on any atom is 0.421 e. The fraction of sp³-hybridized carbons (Fsp3) is 0.107. The van der Waals surface area contributed by atoms with Crippen LogP contribution < -0.4 is 14.4 Å². The molecule has 6 nitrogen and oxygen atoms in total. The van der Waals surface area contributed by atoms with Crippen LogP contribution in [0.5, 0.6) is 17.5 Å². The van der Waals surface area contributed by atoms with Crippen LogP contribution in [0.15, 0.2) is 103 Å². The Morgan fingerprint density at radius 1 is 0.973 bits per heavy atom. The molecule has 1 saturated carbocycles. The molecule has 0 N–H and O–H groups in total. The van der Waals surface area contributed by atoms with Gasteiger partial charge in [-0.05, 0) is 73.0 Å². The molecule has 2 aromatic heterocycles. The monoisotopic (exact) mass is 502 g/mol. The highest BCUT2D eigenvalue weighted by Crippen LogP contribution is 2.46. The number of ether oxygens (including phenoxy) is 2. The normalized spacial score (nSPS) is 14.8. The molecule has 0 amide bonds. The molecule has 0 radical (unpaired) electrons. The summed E-state index contributed by atoms with van der Waals surface area (Å²) in [6, 6.07) is 10.8. The summed E-state index contributed by atoms with van der Waals surface area (Å²) in [5, 5.41) is 0. The van der Waals surface area contributed by atoms with Crippen molar-refractivity contribution in [2.24, 2.45) is 4.99 Å². The van der Waals surface area contributed by atoms with Gasteiger partial charge in [-0.15, -0.1) is 0 Å². The molecule has 1 fully saturated rings. The summed E-state index contributed by atoms with van der Waals surface area (Å²) in [7, 11) is 0. The third kappa shape index (κ3) is 5.02. The van der Waals surface area contributed by atoms with Crippen molar-refractivity contribution < 1.29 is 22.6 Å². The average Bonchev–Trinajstić information content (AvgIpc) is 3.73. The van der Waals surface area contributed by atoms with Gasteiger partial charge in [0.05, 0.1) is 11.4 Å². The van der Waals surface area contributed by atoms with Gasteiger partial charge in [0.15, 0.2) is 0 Å². The Kier molecular flexibility index (Phi) is 6.35. The molecule has 0 bridgehead atoms. The van der Waals surface area contributed by atoms with E-state index in [0.717, 1.165) is 41.4 Å². The first-order valence-electron chi connectivity index (χ1n) is 11.4. The van der Waals surface area contributed by atoms with Crippen LogP contribution >= 0.6 is 0 Å². The number of pyridine rings is 2. The van der Waals surface area contributed by atoms with E-state index in [4.69, 9.17) is 9.47 Å². The number of hydrogen-bond donors (Lipinski definition) is 0. The molecule has 1 aromatic carbocycles. The predicted octanol–water partition coefficient (Wildman–Crippen LogP) is 7.61. The first kappa shape index (κ1) is 24.1. The Bertz CT molecular complexity index is 1470. The smallest absolute Gasteiger partial charge is 0.421 e. The van der Waals surface area contributed by atoms with Gasteiger partial charge >= 0.3 is 6.18 Å². The average molecular weight is 502 g/mol. The maximum atomic E-state index is 13.5. The molecule has 37 heavy (non-hydrogen) atoms. The van der Waals surface area contributed by atoms with Crippen molar-refractivity contribution >= 4 is 23.4 Å². The van der Waals surface area contributed by atoms with Crippen molar-refractivity contribution in [3.63, 3.8) is 0 Å². The van der Waals surface area contributed by atoms with Gasteiger partial charge in [0.25, 0.3) is 0 Å². The fourth-order valence-electron chi connectivity index (χ4n) is 3.81. The van der Waals surface area contributed by atoms with Crippen LogP contribution in [0.25, 0.3) is 5.70 Å². The number of allylic oxidation sites excluding steroid dienone is 4. The minimum Gasteiger partial charge on any atom is -0.438 e. The zero-order chi connectivity index (χ0) is 26.0. The lowest BCUT2D eigenvalue weighted by Crippen LogP contribution is -2.20. The van der Waals surface area contributed by atoms with Crippen LogP contribution in [0.2, 0.25) is 0 Å². The maximum absolute atomic E-state index is 13.5. The van der Waals surface area contributed by atoms with E-state index >= 15 is 0 Å². The number of nitrogens with zero attached hydrogens (tertiary/aromatic N) is 4. The highest BCUT2D eigenvalue weighted by molar-refractivity contribution is 6.02. The molecule has 5 rings (SSSR count). The van der Waals surface area contributed by atoms with Crippen LogP contribution in [0.3, 0.4) is 0 Å². The number of hydrogen-bond acceptors (Lipinski definition) is 6. The second kappa shape index (κ2) is 9.77. The lowest BCUT2D eigenvalue weighted by Gasteiger charge is -2.28. The molecule has 3 heterocycles. The number of anilines is 2. The van der Waals surface area contributed by atoms with Gasteiger partial charge in [0, 0.05) is 18.0 Å². The number of aromatic nitrogens is 2. The van der Waals surface area contributed by atoms with E-state index in [0.29, 0.717) is 17.3 Å². The molecule has 0 saturated heterocycles. The van der Waals surface area contributed by atoms with E-state index in [9.17, 15) is 13.2 Å². The van der Waals surface area contributed by atoms with Crippen molar-refractivity contribution in [3.8, 4) is 17.5 Å². The number of rotatable bonds is 7. The first-order valence-corrected chi connectivity index (χ1v) is 11.4. The van der Waals surface area contributed by atoms with Crippen molar-refractivity contribution in [2.75, 3.05) is 4.90 Å². The number of fused-ring (bicyclic) bond motifs is 1. The molecule has 1 aliphatic carbocycles. The Morgan fingerprint density at radius 3 is 2.43 bits per heavy atom. The van der Waals surface area contributed by atoms with Crippen LogP contribution in [0, 0.1) is 0 Å². The third-order valence-electron chi connectivity index (χ3n) is 5.62. The molecule has 3 aromatic rings. The predicted molar refractivity (Wildman–Crippen MR) is 136 cm³/mol. The number of alkyl halides is 3. The third-order valence-corrected chi connectivity index (χ3v) is 5.62. The summed E-state index contributed by atoms with van der Waals surface area (Å²) in [5.74, 6) is 0.480. The van der Waals surface area contributed by atoms with E-state index in [1.807, 2.05) is 11.0 Å². The largest absolute Gasteiger partial charge is 0.438 e. The first-order chi connectivity index (χ1) is 17.9. The Hall–Kier alpha value is -4.66. The number of benzene rings is 1. The fourth-order valence-corrected chi connectivity index (χ4v) is 3.81. The van der Waals surface area contributed by atoms with Crippen molar-refractivity contribution in [1.29, 1.82) is 0 Å². The van der Waals surface area contributed by atoms with Crippen molar-refractivity contribution in [2.45, 2.75) is 19.0 Å². The van der Waals surface area contributed by atoms with Crippen LogP contribution in [-0.2, 0) is 6.18 Å². The van der Waals surface area contributed by atoms with Gasteiger partial charge in [0.2, 0.25) is 11.8 Å². The molecule has 186 valence electrons. The summed E-state index contributed by atoms with van der Waals surface area (Å²) in [4.78, 5) is 14.7. The molecular formula is C28H21F3N4O2. The summed E-state index contributed by atoms with van der Waals surface area (Å²) in [5.41, 5.74) is 3.07. The molecule has 9 heteroatoms. The van der Waals surface area contributed by atoms with Gasteiger partial charge in [-0.25, -0.2) is 15.0 Å². The van der Waals surface area contributed by atoms with E-state index in [1.54, 1.807) is 55.0 Å². The molecule has 0 unspecified atom stereocenters. The minimum atomic E-state index is -4.60. The lowest BCUT2D eigenvalue weighted by molar-refractivity contribution is -0.138. The second-order valence-electron chi connectivity index (χ2n) is 8.14. The zero-order valence-corrected chi connectivity index (χ0v) is 19.6. The van der Waals surface area contributed by atoms with E-state index in [1.165, 1.54) is 12.3 Å². The summed E-state index contributed by atoms with van der Waals surface area (Å²) in [6.07, 6.45) is 6.56. The van der Waals surface area contributed by atoms with Gasteiger partial charge in [-0.1, -0.05) is 19.2 Å². The van der Waals surface area contributed by atoms with E-state index < -0.39 is 17.6 Å². The van der Waals surface area contributed by atoms with Crippen molar-refractivity contribution in [1.82, 2.24) is 9.97 Å². The highest BCUT2D eigenvalue weighted by atomic mass is 19.4. The SMILES string of the molecule is C=C/C=C(\C=C)Oc1ncccc1N1C=NC(=C2CC2)c2cc(Oc3ncccc3C(F)(F)F)ccc21. The second-order valence-corrected chi connectivity index (χ2v) is 8.14. The quantitative estimate of drug-likeness (QED) is 0.246. The standard InChI is InChI=1S/C28H21F3N4O2/c1-3-7-19(4-2)36-27-24(9-6-15-33-27)35-17-34-25(18-10-11-18)21-16-20(12-13-23(21)35)37-26-22(28(29,30)31)8-5-14-32-26/h3-9,12-17H,1-2,10-11H2/b19-7+. The molecule has 0 spiro atoms. The van der Waals surface area contributed by atoms with E-state index in [2.05, 4.69) is 28.1 Å². The molecule has 1 aliphatic heterocycles. The minimum absolute atomic E-state index is 0.212. The van der Waals surface area contributed by atoms with Gasteiger partial charge in [0.1, 0.15) is 29.1 Å². The zero-order valence-electron chi connectivity index (χ0n) is 19.6. The Morgan fingerprint density at radius 2 is 1.73 bits per heavy atom. The van der Waals surface area contributed by atoms with Crippen LogP contribution in [-0.4, -0.2) is 16.3 Å². The van der Waals surface area contributed by atoms with E-state index in [-0.39, 0.29) is 5.75 Å². The van der Waals surface area contributed by atoms with Gasteiger partial charge in [-0.3, -0.25) is 4.90 Å².